The summed E-state index contributed by atoms with van der Waals surface area (Å²) in [6.45, 7) is 16.8. The van der Waals surface area contributed by atoms with Gasteiger partial charge in [0.25, 0.3) is 0 Å². The number of allylic oxidation sites excluding steroid dienone is 4. The summed E-state index contributed by atoms with van der Waals surface area (Å²) in [5.41, 5.74) is 16.1. The van der Waals surface area contributed by atoms with Crippen LogP contribution in [0.5, 0.6) is 0 Å². The van der Waals surface area contributed by atoms with E-state index >= 15 is 0 Å². The summed E-state index contributed by atoms with van der Waals surface area (Å²) in [6, 6.07) is 38.6. The molecule has 4 fully saturated rings. The number of hydrogen-bond donors (Lipinski definition) is 0. The van der Waals surface area contributed by atoms with Crippen LogP contribution in [0.2, 0.25) is 0 Å². The fourth-order valence-electron chi connectivity index (χ4n) is 11.7. The smallest absolute Gasteiger partial charge is 1.00 e. The quantitative estimate of drug-likeness (QED) is 0.203. The molecule has 0 nitrogen and oxygen atoms in total. The maximum Gasteiger partial charge on any atom is -1.00 e. The van der Waals surface area contributed by atoms with Crippen LogP contribution in [0.1, 0.15) is 130 Å². The molecule has 3 heteroatoms. The first kappa shape index (κ1) is 38.9. The Morgan fingerprint density at radius 3 is 1.45 bits per heavy atom. The molecule has 6 aliphatic rings. The molecule has 0 amide bonds. The van der Waals surface area contributed by atoms with Crippen molar-refractivity contribution in [3.05, 3.63) is 151 Å². The van der Waals surface area contributed by atoms with Crippen LogP contribution in [-0.2, 0) is 32.1 Å². The Balaban J connectivity index is 0.00000218. The summed E-state index contributed by atoms with van der Waals surface area (Å²) in [6.07, 6.45) is 12.6. The van der Waals surface area contributed by atoms with Crippen LogP contribution in [0, 0.1) is 23.2 Å². The summed E-state index contributed by atoms with van der Waals surface area (Å²) in [5.74, 6) is 2.82. The zero-order valence-electron chi connectivity index (χ0n) is 32.8. The van der Waals surface area contributed by atoms with E-state index in [-0.39, 0.29) is 35.6 Å². The summed E-state index contributed by atoms with van der Waals surface area (Å²) >= 11 is -2.90. The fourth-order valence-corrected chi connectivity index (χ4v) is 21.8. The fraction of sp³-hybridized carbons (Fsp3) is 0.420. The molecular weight excluding hydrogens is 763 g/mol. The van der Waals surface area contributed by atoms with E-state index in [4.69, 9.17) is 0 Å². The molecule has 6 aliphatic carbocycles. The van der Waals surface area contributed by atoms with Crippen LogP contribution in [0.25, 0.3) is 11.1 Å². The van der Waals surface area contributed by atoms with Gasteiger partial charge >= 0.3 is 318 Å². The molecule has 0 saturated heterocycles. The Morgan fingerprint density at radius 1 is 0.604 bits per heavy atom. The molecular formula is C50H56Cl2Zr. The topological polar surface area (TPSA) is 0 Å². The van der Waals surface area contributed by atoms with Crippen molar-refractivity contribution in [3.8, 4) is 11.1 Å². The van der Waals surface area contributed by atoms with Crippen molar-refractivity contribution in [1.82, 2.24) is 0 Å². The van der Waals surface area contributed by atoms with Gasteiger partial charge in [0.1, 0.15) is 0 Å². The van der Waals surface area contributed by atoms with Gasteiger partial charge in [-0.2, -0.15) is 0 Å². The predicted molar refractivity (Wildman–Crippen MR) is 213 cm³/mol. The summed E-state index contributed by atoms with van der Waals surface area (Å²) in [7, 11) is 0. The van der Waals surface area contributed by atoms with Crippen molar-refractivity contribution < 1.29 is 46.1 Å². The third kappa shape index (κ3) is 6.72. The van der Waals surface area contributed by atoms with Crippen molar-refractivity contribution in [2.24, 2.45) is 23.2 Å². The summed E-state index contributed by atoms with van der Waals surface area (Å²) in [4.78, 5) is 0. The van der Waals surface area contributed by atoms with E-state index in [0.29, 0.717) is 9.04 Å². The van der Waals surface area contributed by atoms with E-state index in [9.17, 15) is 0 Å². The van der Waals surface area contributed by atoms with Gasteiger partial charge < -0.3 is 24.8 Å². The number of rotatable bonds is 5. The van der Waals surface area contributed by atoms with Crippen LogP contribution in [0.15, 0.2) is 118 Å². The Morgan fingerprint density at radius 2 is 1.04 bits per heavy atom. The second-order valence-corrected chi connectivity index (χ2v) is 25.4. The molecule has 0 N–H and O–H groups in total. The summed E-state index contributed by atoms with van der Waals surface area (Å²) < 4.78 is 4.06. The van der Waals surface area contributed by atoms with Crippen LogP contribution >= 0.6 is 0 Å². The molecule has 0 aliphatic heterocycles. The predicted octanol–water partition coefficient (Wildman–Crippen LogP) is 7.07. The van der Waals surface area contributed by atoms with E-state index < -0.39 is 21.3 Å². The van der Waals surface area contributed by atoms with Gasteiger partial charge in [0.15, 0.2) is 0 Å². The zero-order valence-corrected chi connectivity index (χ0v) is 36.8. The normalized spacial score (nSPS) is 24.1. The molecule has 4 saturated carbocycles. The summed E-state index contributed by atoms with van der Waals surface area (Å²) in [5, 5.41) is 0. The second kappa shape index (κ2) is 14.3. The maximum atomic E-state index is 2.68. The minimum absolute atomic E-state index is 0. The Labute approximate surface area is 340 Å². The minimum Gasteiger partial charge on any atom is -1.00 e. The first-order valence-corrected chi connectivity index (χ1v) is 23.8. The first-order valence-electron chi connectivity index (χ1n) is 19.9. The van der Waals surface area contributed by atoms with Crippen molar-refractivity contribution in [3.63, 3.8) is 0 Å². The molecule has 0 radical (unpaired) electrons. The number of benzene rings is 4. The Hall–Kier alpha value is -2.31. The molecule has 0 atom stereocenters. The molecule has 0 heterocycles. The van der Waals surface area contributed by atoms with Gasteiger partial charge in [0.05, 0.1) is 0 Å². The van der Waals surface area contributed by atoms with Crippen LogP contribution < -0.4 is 24.8 Å². The minimum atomic E-state index is -2.90. The average molecular weight is 819 g/mol. The van der Waals surface area contributed by atoms with E-state index in [0.717, 1.165) is 24.2 Å². The molecule has 53 heavy (non-hydrogen) atoms. The van der Waals surface area contributed by atoms with Gasteiger partial charge in [-0.1, -0.05) is 0 Å². The van der Waals surface area contributed by atoms with Gasteiger partial charge in [-0.15, -0.1) is 0 Å². The number of hydrogen-bond acceptors (Lipinski definition) is 0. The molecule has 4 bridgehead atoms. The first-order chi connectivity index (χ1) is 24.4. The van der Waals surface area contributed by atoms with Gasteiger partial charge in [-0.3, -0.25) is 0 Å². The van der Waals surface area contributed by atoms with E-state index in [1.807, 2.05) is 8.85 Å². The second-order valence-electron chi connectivity index (χ2n) is 19.2. The molecule has 4 aromatic rings. The molecule has 10 rings (SSSR count). The maximum absolute atomic E-state index is 2.90. The standard InChI is InChI=1S/C21H25.C16H21.C13H10.2ClH.Zr/c1-20(2,3)16-9-7-14-11-15-8-10-17(21(4,5)6)13-19(15)18(14)12-16;1-11-3-2-4-15(11)16-8-12-5-13(9-16)7-14(6-12)10-16;1-3-7-12(8-4-1)11-13-9-5-2-6-10-13;;;/h7-13H,1-6H3;3,12-14H,2,5-10H2,1H3;1-10H;2*1H;/q;;;;;+2/p-2. The number of halogens is 2. The van der Waals surface area contributed by atoms with Crippen LogP contribution in [0.4, 0.5) is 0 Å². The van der Waals surface area contributed by atoms with Gasteiger partial charge in [-0.25, -0.2) is 0 Å². The Kier molecular flexibility index (Phi) is 10.5. The monoisotopic (exact) mass is 816 g/mol. The van der Waals surface area contributed by atoms with Gasteiger partial charge in [-0.05, 0) is 0 Å². The van der Waals surface area contributed by atoms with Crippen LogP contribution in [0.3, 0.4) is 0 Å². The SMILES string of the molecule is CC1=CC[C]([Zr+2](=[C](c2ccccc2)c2ccccc2)[CH]2c3ccc(C(C)(C)C)cc3-c3cc(C(C)(C)C)ccc32)=C1C12CC3CC(CC(C3)C1)C2.[Cl-].[Cl-]. The van der Waals surface area contributed by atoms with Crippen molar-refractivity contribution in [2.45, 2.75) is 108 Å². The van der Waals surface area contributed by atoms with E-state index in [1.54, 1.807) is 19.9 Å². The van der Waals surface area contributed by atoms with E-state index in [1.165, 1.54) is 71.9 Å². The molecule has 0 unspecified atom stereocenters. The zero-order chi connectivity index (χ0) is 35.3. The third-order valence-electron chi connectivity index (χ3n) is 13.6. The van der Waals surface area contributed by atoms with Crippen molar-refractivity contribution in [1.29, 1.82) is 0 Å². The van der Waals surface area contributed by atoms with Crippen molar-refractivity contribution >= 4 is 3.21 Å². The van der Waals surface area contributed by atoms with Crippen molar-refractivity contribution in [2.75, 3.05) is 0 Å². The average Bonchev–Trinajstić information content (AvgIpc) is 3.64. The largest absolute Gasteiger partial charge is 1.00 e. The molecule has 4 aromatic carbocycles. The molecule has 274 valence electrons. The third-order valence-corrected chi connectivity index (χ3v) is 22.0. The van der Waals surface area contributed by atoms with Gasteiger partial charge in [0, 0.05) is 0 Å². The van der Waals surface area contributed by atoms with E-state index in [2.05, 4.69) is 152 Å². The molecule has 0 spiro atoms. The molecule has 0 aromatic heterocycles. The number of fused-ring (bicyclic) bond motifs is 3. The Bertz CT molecular complexity index is 1980. The van der Waals surface area contributed by atoms with Crippen LogP contribution in [-0.4, -0.2) is 3.21 Å². The van der Waals surface area contributed by atoms with Gasteiger partial charge in [0.2, 0.25) is 0 Å².